The molecule has 0 saturated carbocycles. The molecule has 8 heteroatoms. The highest BCUT2D eigenvalue weighted by Gasteiger charge is 2.32. The monoisotopic (exact) mass is 466 g/mol. The fourth-order valence-electron chi connectivity index (χ4n) is 3.92. The average molecular weight is 466 g/mol. The number of aromatic nitrogens is 1. The molecule has 0 spiro atoms. The summed E-state index contributed by atoms with van der Waals surface area (Å²) >= 11 is 0. The van der Waals surface area contributed by atoms with E-state index in [1.54, 1.807) is 32.0 Å². The molecule has 174 valence electrons. The van der Waals surface area contributed by atoms with Crippen molar-refractivity contribution >= 4 is 23.2 Å². The van der Waals surface area contributed by atoms with Gasteiger partial charge in [-0.15, -0.1) is 0 Å². The molecule has 2 amide bonds. The molecule has 0 radical (unpaired) electrons. The minimum atomic E-state index is -0.537. The van der Waals surface area contributed by atoms with Crippen LogP contribution in [0.2, 0.25) is 0 Å². The molecule has 5 rings (SSSR count). The van der Waals surface area contributed by atoms with Crippen LogP contribution < -0.4 is 15.5 Å². The highest BCUT2D eigenvalue weighted by atomic mass is 16.5. The summed E-state index contributed by atoms with van der Waals surface area (Å²) in [5.41, 5.74) is 6.53. The Kier molecular flexibility index (Phi) is 5.85. The Morgan fingerprint density at radius 1 is 0.914 bits per heavy atom. The second-order valence-corrected chi connectivity index (χ2v) is 8.14. The van der Waals surface area contributed by atoms with Gasteiger partial charge in [-0.1, -0.05) is 53.7 Å². The fraction of sp³-hybridized carbons (Fsp3) is 0.111. The molecule has 0 bridgehead atoms. The Hall–Kier alpha value is -4.72. The first kappa shape index (κ1) is 22.1. The van der Waals surface area contributed by atoms with Crippen LogP contribution in [0.3, 0.4) is 0 Å². The van der Waals surface area contributed by atoms with Crippen LogP contribution in [0.4, 0.5) is 5.69 Å². The second-order valence-electron chi connectivity index (χ2n) is 8.14. The molecular formula is C27H22N4O4. The predicted molar refractivity (Wildman–Crippen MR) is 131 cm³/mol. The van der Waals surface area contributed by atoms with Crippen LogP contribution >= 0.6 is 0 Å². The van der Waals surface area contributed by atoms with E-state index in [2.05, 4.69) is 21.0 Å². The van der Waals surface area contributed by atoms with Gasteiger partial charge in [0.05, 0.1) is 11.6 Å². The molecule has 0 unspecified atom stereocenters. The Morgan fingerprint density at radius 2 is 1.54 bits per heavy atom. The Labute approximate surface area is 201 Å². The van der Waals surface area contributed by atoms with Crippen LogP contribution in [0.5, 0.6) is 11.5 Å². The van der Waals surface area contributed by atoms with Crippen molar-refractivity contribution in [3.63, 3.8) is 0 Å². The van der Waals surface area contributed by atoms with Crippen LogP contribution in [-0.4, -0.2) is 22.7 Å². The van der Waals surface area contributed by atoms with Crippen molar-refractivity contribution in [3.05, 3.63) is 107 Å². The first-order valence-electron chi connectivity index (χ1n) is 11.0. The van der Waals surface area contributed by atoms with Gasteiger partial charge in [0.1, 0.15) is 17.3 Å². The van der Waals surface area contributed by atoms with Gasteiger partial charge in [-0.2, -0.15) is 5.10 Å². The molecule has 4 aromatic rings. The van der Waals surface area contributed by atoms with Crippen molar-refractivity contribution < 1.29 is 18.8 Å². The van der Waals surface area contributed by atoms with Gasteiger partial charge >= 0.3 is 0 Å². The standard InChI is InChI=1S/C27H22N4O4/c1-16-15-22(31-35-16)26(32)28-19-13-11-18(12-14-19)17(2)29-30-27(33)25-20-7-3-5-9-23(20)34-24-10-6-4-8-21(24)25/h3-15,25H,1-2H3,(H,28,32)(H,30,33). The number of hydrogen-bond donors (Lipinski definition) is 2. The molecule has 1 aliphatic rings. The smallest absolute Gasteiger partial charge is 0.277 e. The topological polar surface area (TPSA) is 106 Å². The lowest BCUT2D eigenvalue weighted by atomic mass is 9.87. The van der Waals surface area contributed by atoms with Crippen LogP contribution in [0.25, 0.3) is 0 Å². The number of para-hydroxylation sites is 2. The van der Waals surface area contributed by atoms with E-state index in [1.165, 1.54) is 0 Å². The molecule has 3 aromatic carbocycles. The maximum atomic E-state index is 13.2. The predicted octanol–water partition coefficient (Wildman–Crippen LogP) is 5.01. The summed E-state index contributed by atoms with van der Waals surface area (Å²) in [5, 5.41) is 10.8. The van der Waals surface area contributed by atoms with Crippen molar-refractivity contribution in [1.82, 2.24) is 10.6 Å². The third kappa shape index (κ3) is 4.54. The maximum absolute atomic E-state index is 13.2. The van der Waals surface area contributed by atoms with Gasteiger partial charge in [0, 0.05) is 22.9 Å². The zero-order chi connectivity index (χ0) is 24.4. The van der Waals surface area contributed by atoms with E-state index in [9.17, 15) is 9.59 Å². The lowest BCUT2D eigenvalue weighted by Gasteiger charge is -2.26. The maximum Gasteiger partial charge on any atom is 0.277 e. The quantitative estimate of drug-likeness (QED) is 0.318. The van der Waals surface area contributed by atoms with Gasteiger partial charge in [-0.05, 0) is 43.7 Å². The van der Waals surface area contributed by atoms with E-state index in [0.29, 0.717) is 28.7 Å². The minimum absolute atomic E-state index is 0.211. The summed E-state index contributed by atoms with van der Waals surface area (Å²) in [5.74, 6) is 0.733. The molecule has 2 N–H and O–H groups in total. The third-order valence-corrected chi connectivity index (χ3v) is 5.70. The first-order valence-corrected chi connectivity index (χ1v) is 11.0. The van der Waals surface area contributed by atoms with Crippen LogP contribution in [-0.2, 0) is 4.79 Å². The molecule has 8 nitrogen and oxygen atoms in total. The van der Waals surface area contributed by atoms with Gasteiger partial charge in [0.2, 0.25) is 0 Å². The summed E-state index contributed by atoms with van der Waals surface area (Å²) < 4.78 is 10.9. The zero-order valence-corrected chi connectivity index (χ0v) is 19.1. The third-order valence-electron chi connectivity index (χ3n) is 5.70. The number of carbonyl (C=O) groups is 2. The second kappa shape index (κ2) is 9.26. The van der Waals surface area contributed by atoms with Gasteiger partial charge in [-0.25, -0.2) is 5.43 Å². The number of fused-ring (bicyclic) bond motifs is 2. The number of hydrogen-bond acceptors (Lipinski definition) is 6. The van der Waals surface area contributed by atoms with E-state index < -0.39 is 5.92 Å². The van der Waals surface area contributed by atoms with E-state index in [4.69, 9.17) is 9.26 Å². The van der Waals surface area contributed by atoms with Gasteiger partial charge < -0.3 is 14.6 Å². The zero-order valence-electron chi connectivity index (χ0n) is 19.1. The van der Waals surface area contributed by atoms with Crippen molar-refractivity contribution in [2.75, 3.05) is 5.32 Å². The van der Waals surface area contributed by atoms with Crippen molar-refractivity contribution in [1.29, 1.82) is 0 Å². The highest BCUT2D eigenvalue weighted by molar-refractivity contribution is 6.04. The Bertz CT molecular complexity index is 1390. The van der Waals surface area contributed by atoms with Gasteiger partial charge in [0.25, 0.3) is 11.8 Å². The SMILES string of the molecule is CC(=NNC(=O)C1c2ccccc2Oc2ccccc21)c1ccc(NC(=O)c2cc(C)on2)cc1. The number of benzene rings is 3. The summed E-state index contributed by atoms with van der Waals surface area (Å²) in [6.45, 7) is 3.52. The highest BCUT2D eigenvalue weighted by Crippen LogP contribution is 2.43. The average Bonchev–Trinajstić information content (AvgIpc) is 3.32. The molecule has 35 heavy (non-hydrogen) atoms. The summed E-state index contributed by atoms with van der Waals surface area (Å²) in [6, 6.07) is 23.7. The van der Waals surface area contributed by atoms with Crippen molar-refractivity contribution in [3.8, 4) is 11.5 Å². The number of hydrazone groups is 1. The number of nitrogens with zero attached hydrogens (tertiary/aromatic N) is 2. The normalized spacial score (nSPS) is 12.8. The molecule has 0 saturated heterocycles. The molecule has 2 heterocycles. The largest absolute Gasteiger partial charge is 0.457 e. The van der Waals surface area contributed by atoms with Crippen molar-refractivity contribution in [2.24, 2.45) is 5.10 Å². The molecule has 0 aliphatic carbocycles. The fourth-order valence-corrected chi connectivity index (χ4v) is 3.92. The molecular weight excluding hydrogens is 444 g/mol. The molecule has 0 fully saturated rings. The number of carbonyl (C=O) groups excluding carboxylic acids is 2. The van der Waals surface area contributed by atoms with E-state index in [-0.39, 0.29) is 17.5 Å². The molecule has 1 aliphatic heterocycles. The summed E-state index contributed by atoms with van der Waals surface area (Å²) in [6.07, 6.45) is 0. The summed E-state index contributed by atoms with van der Waals surface area (Å²) in [4.78, 5) is 25.5. The van der Waals surface area contributed by atoms with Crippen LogP contribution in [0, 0.1) is 6.92 Å². The summed E-state index contributed by atoms with van der Waals surface area (Å²) in [7, 11) is 0. The van der Waals surface area contributed by atoms with Crippen molar-refractivity contribution in [2.45, 2.75) is 19.8 Å². The Morgan fingerprint density at radius 3 is 2.14 bits per heavy atom. The first-order chi connectivity index (χ1) is 17.0. The number of ether oxygens (including phenoxy) is 1. The number of nitrogens with one attached hydrogen (secondary N) is 2. The molecule has 0 atom stereocenters. The van der Waals surface area contributed by atoms with E-state index in [0.717, 1.165) is 16.7 Å². The van der Waals surface area contributed by atoms with Gasteiger partial charge in [0.15, 0.2) is 5.69 Å². The van der Waals surface area contributed by atoms with E-state index in [1.807, 2.05) is 60.7 Å². The minimum Gasteiger partial charge on any atom is -0.457 e. The number of anilines is 1. The molecule has 1 aromatic heterocycles. The lowest BCUT2D eigenvalue weighted by Crippen LogP contribution is -2.29. The Balaban J connectivity index is 1.30. The van der Waals surface area contributed by atoms with Crippen LogP contribution in [0.1, 0.15) is 45.8 Å². The number of rotatable bonds is 5. The van der Waals surface area contributed by atoms with Crippen LogP contribution in [0.15, 0.2) is 88.5 Å². The van der Waals surface area contributed by atoms with E-state index >= 15 is 0 Å². The van der Waals surface area contributed by atoms with Gasteiger partial charge in [-0.3, -0.25) is 9.59 Å². The number of aryl methyl sites for hydroxylation is 1. The lowest BCUT2D eigenvalue weighted by molar-refractivity contribution is -0.121. The number of amides is 2.